The fourth-order valence-electron chi connectivity index (χ4n) is 4.60. The minimum atomic E-state index is 0.00512. The average molecular weight is 320 g/mol. The average Bonchev–Trinajstić information content (AvgIpc) is 2.69. The lowest BCUT2D eigenvalue weighted by molar-refractivity contribution is 0.500. The van der Waals surface area contributed by atoms with Crippen molar-refractivity contribution in [2.75, 3.05) is 0 Å². The third kappa shape index (κ3) is 2.21. The molecule has 0 bridgehead atoms. The fraction of sp³-hybridized carbons (Fsp3) is 0.120. The third-order valence-electron chi connectivity index (χ3n) is 5.71. The number of hydrogen-bond acceptors (Lipinski definition) is 0. The molecule has 0 unspecified atom stereocenters. The van der Waals surface area contributed by atoms with E-state index in [-0.39, 0.29) is 5.41 Å². The summed E-state index contributed by atoms with van der Waals surface area (Å²) in [6, 6.07) is 35.6. The minimum absolute atomic E-state index is 0.00512. The number of hydrogen-bond donors (Lipinski definition) is 0. The van der Waals surface area contributed by atoms with Gasteiger partial charge in [-0.1, -0.05) is 97.1 Å². The molecular weight excluding hydrogens is 300 g/mol. The van der Waals surface area contributed by atoms with Crippen LogP contribution in [-0.4, -0.2) is 0 Å². The second-order valence-electron chi connectivity index (χ2n) is 7.10. The van der Waals surface area contributed by atoms with Gasteiger partial charge in [0.15, 0.2) is 0 Å². The Hall–Kier alpha value is -2.86. The topological polar surface area (TPSA) is 0 Å². The summed E-state index contributed by atoms with van der Waals surface area (Å²) in [4.78, 5) is 0. The number of benzene rings is 4. The van der Waals surface area contributed by atoms with Crippen LogP contribution in [0.25, 0.3) is 10.8 Å². The molecule has 0 atom stereocenters. The highest BCUT2D eigenvalue weighted by Crippen LogP contribution is 2.45. The first-order valence-electron chi connectivity index (χ1n) is 8.97. The zero-order valence-corrected chi connectivity index (χ0v) is 14.2. The van der Waals surface area contributed by atoms with Crippen LogP contribution in [0.15, 0.2) is 97.1 Å². The van der Waals surface area contributed by atoms with Crippen LogP contribution >= 0.6 is 0 Å². The van der Waals surface area contributed by atoms with Crippen LogP contribution in [0.3, 0.4) is 0 Å². The van der Waals surface area contributed by atoms with Crippen LogP contribution in [-0.2, 0) is 18.3 Å². The van der Waals surface area contributed by atoms with E-state index in [1.807, 2.05) is 0 Å². The fourth-order valence-corrected chi connectivity index (χ4v) is 4.60. The number of rotatable bonds is 2. The molecule has 5 rings (SSSR count). The van der Waals surface area contributed by atoms with Gasteiger partial charge in [-0.05, 0) is 45.9 Å². The summed E-state index contributed by atoms with van der Waals surface area (Å²) in [5.74, 6) is 0. The van der Waals surface area contributed by atoms with E-state index in [0.29, 0.717) is 0 Å². The van der Waals surface area contributed by atoms with Crippen molar-refractivity contribution in [2.45, 2.75) is 18.3 Å². The first kappa shape index (κ1) is 14.5. The van der Waals surface area contributed by atoms with Gasteiger partial charge >= 0.3 is 0 Å². The van der Waals surface area contributed by atoms with Crippen molar-refractivity contribution >= 4 is 10.8 Å². The van der Waals surface area contributed by atoms with E-state index in [4.69, 9.17) is 0 Å². The van der Waals surface area contributed by atoms with E-state index < -0.39 is 0 Å². The molecule has 0 radical (unpaired) electrons. The quantitative estimate of drug-likeness (QED) is 0.430. The molecule has 1 aliphatic carbocycles. The molecule has 25 heavy (non-hydrogen) atoms. The third-order valence-corrected chi connectivity index (χ3v) is 5.71. The summed E-state index contributed by atoms with van der Waals surface area (Å²) in [6.45, 7) is 0. The van der Waals surface area contributed by atoms with Gasteiger partial charge in [0, 0.05) is 5.41 Å². The lowest BCUT2D eigenvalue weighted by atomic mass is 9.63. The first-order valence-corrected chi connectivity index (χ1v) is 8.97. The van der Waals surface area contributed by atoms with Crippen molar-refractivity contribution in [3.05, 3.63) is 119 Å². The summed E-state index contributed by atoms with van der Waals surface area (Å²) in [5.41, 5.74) is 5.75. The second-order valence-corrected chi connectivity index (χ2v) is 7.10. The molecule has 0 fully saturated rings. The maximum absolute atomic E-state index is 2.31. The maximum Gasteiger partial charge on any atom is 0.0283 e. The Morgan fingerprint density at radius 1 is 0.480 bits per heavy atom. The molecule has 0 heterocycles. The first-order chi connectivity index (χ1) is 12.4. The zero-order valence-electron chi connectivity index (χ0n) is 14.2. The molecule has 0 N–H and O–H groups in total. The van der Waals surface area contributed by atoms with Crippen LogP contribution in [0.1, 0.15) is 22.3 Å². The molecule has 0 heteroatoms. The van der Waals surface area contributed by atoms with Crippen molar-refractivity contribution in [2.24, 2.45) is 0 Å². The Balaban J connectivity index is 1.79. The predicted octanol–water partition coefficient (Wildman–Crippen LogP) is 5.92. The van der Waals surface area contributed by atoms with Crippen LogP contribution in [0.5, 0.6) is 0 Å². The predicted molar refractivity (Wildman–Crippen MR) is 105 cm³/mol. The normalized spacial score (nSPS) is 15.2. The Labute approximate surface area is 148 Å². The van der Waals surface area contributed by atoms with E-state index in [1.165, 1.54) is 33.0 Å². The Kier molecular flexibility index (Phi) is 3.24. The van der Waals surface area contributed by atoms with Crippen LogP contribution in [0, 0.1) is 0 Å². The van der Waals surface area contributed by atoms with Gasteiger partial charge < -0.3 is 0 Å². The van der Waals surface area contributed by atoms with Crippen molar-refractivity contribution in [1.82, 2.24) is 0 Å². The highest BCUT2D eigenvalue weighted by Gasteiger charge is 2.38. The van der Waals surface area contributed by atoms with Gasteiger partial charge in [0.1, 0.15) is 0 Å². The van der Waals surface area contributed by atoms with E-state index in [1.54, 1.807) is 0 Å². The molecule has 0 amide bonds. The summed E-state index contributed by atoms with van der Waals surface area (Å²) in [5, 5.41) is 2.83. The minimum Gasteiger partial charge on any atom is -0.0622 e. The van der Waals surface area contributed by atoms with Gasteiger partial charge in [0.25, 0.3) is 0 Å². The Morgan fingerprint density at radius 3 is 1.44 bits per heavy atom. The van der Waals surface area contributed by atoms with Crippen LogP contribution in [0.4, 0.5) is 0 Å². The monoisotopic (exact) mass is 320 g/mol. The molecule has 0 spiro atoms. The lowest BCUT2D eigenvalue weighted by Gasteiger charge is -2.39. The molecule has 4 aromatic rings. The largest absolute Gasteiger partial charge is 0.0622 e. The van der Waals surface area contributed by atoms with Gasteiger partial charge in [0.05, 0.1) is 0 Å². The Bertz CT molecular complexity index is 947. The molecule has 4 aromatic carbocycles. The van der Waals surface area contributed by atoms with E-state index in [9.17, 15) is 0 Å². The van der Waals surface area contributed by atoms with Gasteiger partial charge in [-0.3, -0.25) is 0 Å². The lowest BCUT2D eigenvalue weighted by Crippen LogP contribution is -2.35. The standard InChI is InChI=1S/C25H20/c1-3-13-22(14-4-1)25(23-15-5-2-6-16-23)17-20-11-7-9-19-10-8-12-21(18-25)24(19)20/h1-16H,17-18H2. The molecule has 0 saturated heterocycles. The highest BCUT2D eigenvalue weighted by molar-refractivity contribution is 5.90. The molecular formula is C25H20. The molecule has 0 nitrogen and oxygen atoms in total. The molecule has 0 saturated carbocycles. The van der Waals surface area contributed by atoms with Crippen molar-refractivity contribution in [3.8, 4) is 0 Å². The summed E-state index contributed by atoms with van der Waals surface area (Å²) in [7, 11) is 0. The molecule has 120 valence electrons. The highest BCUT2D eigenvalue weighted by atomic mass is 14.4. The molecule has 0 aliphatic heterocycles. The molecule has 0 aromatic heterocycles. The SMILES string of the molecule is c1ccc(C2(c3ccccc3)Cc3cccc4cccc(c34)C2)cc1. The summed E-state index contributed by atoms with van der Waals surface area (Å²) >= 11 is 0. The summed E-state index contributed by atoms with van der Waals surface area (Å²) < 4.78 is 0. The smallest absolute Gasteiger partial charge is 0.0283 e. The van der Waals surface area contributed by atoms with Crippen molar-refractivity contribution in [1.29, 1.82) is 0 Å². The van der Waals surface area contributed by atoms with E-state index >= 15 is 0 Å². The zero-order chi connectivity index (χ0) is 16.7. The maximum atomic E-state index is 2.31. The van der Waals surface area contributed by atoms with Crippen LogP contribution in [0.2, 0.25) is 0 Å². The van der Waals surface area contributed by atoms with Crippen LogP contribution < -0.4 is 0 Å². The Morgan fingerprint density at radius 2 is 0.960 bits per heavy atom. The van der Waals surface area contributed by atoms with E-state index in [2.05, 4.69) is 97.1 Å². The second kappa shape index (κ2) is 5.60. The molecule has 1 aliphatic rings. The van der Waals surface area contributed by atoms with Gasteiger partial charge in [-0.15, -0.1) is 0 Å². The summed E-state index contributed by atoms with van der Waals surface area (Å²) in [6.07, 6.45) is 2.10. The van der Waals surface area contributed by atoms with Gasteiger partial charge in [0.2, 0.25) is 0 Å². The van der Waals surface area contributed by atoms with Gasteiger partial charge in [-0.25, -0.2) is 0 Å². The van der Waals surface area contributed by atoms with Crippen molar-refractivity contribution < 1.29 is 0 Å². The van der Waals surface area contributed by atoms with Crippen molar-refractivity contribution in [3.63, 3.8) is 0 Å². The van der Waals surface area contributed by atoms with E-state index in [0.717, 1.165) is 12.8 Å². The van der Waals surface area contributed by atoms with Gasteiger partial charge in [-0.2, -0.15) is 0 Å².